The van der Waals surface area contributed by atoms with Gasteiger partial charge < -0.3 is 0 Å². The molecule has 1 aliphatic heterocycles. The molecular formula is C15H24N2S2. The summed E-state index contributed by atoms with van der Waals surface area (Å²) in [5.41, 5.74) is 5.81. The lowest BCUT2D eigenvalue weighted by Crippen LogP contribution is -2.47. The van der Waals surface area contributed by atoms with Gasteiger partial charge in [0.1, 0.15) is 0 Å². The molecule has 1 fully saturated rings. The molecule has 4 unspecified atom stereocenters. The summed E-state index contributed by atoms with van der Waals surface area (Å²) >= 11 is 4.17. The molecule has 106 valence electrons. The van der Waals surface area contributed by atoms with Crippen molar-refractivity contribution in [1.82, 2.24) is 5.43 Å². The lowest BCUT2D eigenvalue weighted by molar-refractivity contribution is 0.520. The van der Waals surface area contributed by atoms with Gasteiger partial charge in [0.15, 0.2) is 0 Å². The first kappa shape index (κ1) is 15.2. The number of aryl methyl sites for hydroxylation is 1. The van der Waals surface area contributed by atoms with Crippen LogP contribution in [-0.4, -0.2) is 27.5 Å². The van der Waals surface area contributed by atoms with Gasteiger partial charge in [-0.3, -0.25) is 11.3 Å². The van der Waals surface area contributed by atoms with E-state index in [1.165, 1.54) is 16.9 Å². The first-order valence-electron chi connectivity index (χ1n) is 6.89. The van der Waals surface area contributed by atoms with Crippen LogP contribution in [-0.2, 0) is 6.42 Å². The number of thioether (sulfide) groups is 2. The molecule has 0 aromatic heterocycles. The van der Waals surface area contributed by atoms with Gasteiger partial charge in [0, 0.05) is 27.5 Å². The third-order valence-electron chi connectivity index (χ3n) is 3.94. The maximum Gasteiger partial charge on any atom is 0.0377 e. The van der Waals surface area contributed by atoms with Gasteiger partial charge in [0.05, 0.1) is 0 Å². The second-order valence-electron chi connectivity index (χ2n) is 5.32. The predicted molar refractivity (Wildman–Crippen MR) is 88.8 cm³/mol. The van der Waals surface area contributed by atoms with Crippen molar-refractivity contribution in [3.8, 4) is 0 Å². The molecule has 2 nitrogen and oxygen atoms in total. The molecule has 2 rings (SSSR count). The summed E-state index contributed by atoms with van der Waals surface area (Å²) in [4.78, 5) is 0. The zero-order valence-electron chi connectivity index (χ0n) is 11.9. The van der Waals surface area contributed by atoms with Crippen molar-refractivity contribution >= 4 is 23.5 Å². The normalized spacial score (nSPS) is 29.2. The summed E-state index contributed by atoms with van der Waals surface area (Å²) in [5, 5.41) is 2.05. The van der Waals surface area contributed by atoms with Crippen molar-refractivity contribution < 1.29 is 0 Å². The zero-order valence-corrected chi connectivity index (χ0v) is 13.6. The molecule has 19 heavy (non-hydrogen) atoms. The topological polar surface area (TPSA) is 38.0 Å². The summed E-state index contributed by atoms with van der Waals surface area (Å²) in [7, 11) is 0. The van der Waals surface area contributed by atoms with E-state index in [4.69, 9.17) is 5.84 Å². The van der Waals surface area contributed by atoms with Gasteiger partial charge in [0.25, 0.3) is 0 Å². The molecule has 1 aromatic rings. The molecule has 0 spiro atoms. The number of benzene rings is 1. The zero-order chi connectivity index (χ0) is 13.8. The molecule has 0 radical (unpaired) electrons. The van der Waals surface area contributed by atoms with E-state index in [1.54, 1.807) is 0 Å². The molecule has 4 atom stereocenters. The van der Waals surface area contributed by atoms with Crippen molar-refractivity contribution in [3.05, 3.63) is 35.4 Å². The van der Waals surface area contributed by atoms with E-state index >= 15 is 0 Å². The van der Waals surface area contributed by atoms with Crippen LogP contribution >= 0.6 is 23.5 Å². The lowest BCUT2D eigenvalue weighted by atomic mass is 10.00. The van der Waals surface area contributed by atoms with Gasteiger partial charge in [0.2, 0.25) is 0 Å². The third-order valence-corrected chi connectivity index (χ3v) is 7.49. The van der Waals surface area contributed by atoms with E-state index in [1.807, 2.05) is 0 Å². The van der Waals surface area contributed by atoms with E-state index < -0.39 is 0 Å². The van der Waals surface area contributed by atoms with Gasteiger partial charge in [-0.1, -0.05) is 38.1 Å². The van der Waals surface area contributed by atoms with Crippen LogP contribution in [0.15, 0.2) is 24.3 Å². The lowest BCUT2D eigenvalue weighted by Gasteiger charge is -2.35. The van der Waals surface area contributed by atoms with Gasteiger partial charge in [-0.05, 0) is 24.5 Å². The molecule has 1 aliphatic rings. The maximum absolute atomic E-state index is 5.81. The van der Waals surface area contributed by atoms with Crippen molar-refractivity contribution in [3.63, 3.8) is 0 Å². The Morgan fingerprint density at radius 2 is 2.05 bits per heavy atom. The van der Waals surface area contributed by atoms with E-state index in [0.29, 0.717) is 16.5 Å². The van der Waals surface area contributed by atoms with Gasteiger partial charge >= 0.3 is 0 Å². The van der Waals surface area contributed by atoms with Crippen LogP contribution in [0, 0.1) is 6.92 Å². The van der Waals surface area contributed by atoms with Gasteiger partial charge in [-0.25, -0.2) is 0 Å². The van der Waals surface area contributed by atoms with Crippen LogP contribution in [0.1, 0.15) is 25.0 Å². The standard InChI is InChI=1S/C15H24N2S2/c1-10-6-4-5-7-13(10)8-14(17-16)15-9-18-11(2)12(3)19-15/h4-7,11-12,14-15,17H,8-9,16H2,1-3H3. The minimum Gasteiger partial charge on any atom is -0.271 e. The second-order valence-corrected chi connectivity index (χ2v) is 8.35. The average molecular weight is 297 g/mol. The number of rotatable bonds is 4. The molecular weight excluding hydrogens is 272 g/mol. The Morgan fingerprint density at radius 3 is 2.68 bits per heavy atom. The average Bonchev–Trinajstić information content (AvgIpc) is 2.41. The Labute approximate surface area is 125 Å². The fourth-order valence-electron chi connectivity index (χ4n) is 2.39. The van der Waals surface area contributed by atoms with Crippen LogP contribution in [0.3, 0.4) is 0 Å². The molecule has 0 amide bonds. The number of hydrogen-bond donors (Lipinski definition) is 2. The minimum absolute atomic E-state index is 0.355. The Balaban J connectivity index is 2.02. The quantitative estimate of drug-likeness (QED) is 0.662. The second kappa shape index (κ2) is 7.02. The number of hydrogen-bond acceptors (Lipinski definition) is 4. The highest BCUT2D eigenvalue weighted by Crippen LogP contribution is 2.37. The SMILES string of the molecule is Cc1ccccc1CC(NN)C1CSC(C)C(C)S1. The fraction of sp³-hybridized carbons (Fsp3) is 0.600. The Morgan fingerprint density at radius 1 is 1.32 bits per heavy atom. The number of hydrazine groups is 1. The van der Waals surface area contributed by atoms with Crippen LogP contribution in [0.2, 0.25) is 0 Å². The number of nitrogens with two attached hydrogens (primary N) is 1. The number of nitrogens with one attached hydrogen (secondary N) is 1. The van der Waals surface area contributed by atoms with E-state index in [-0.39, 0.29) is 0 Å². The van der Waals surface area contributed by atoms with Crippen molar-refractivity contribution in [2.75, 3.05) is 5.75 Å². The van der Waals surface area contributed by atoms with E-state index in [9.17, 15) is 0 Å². The van der Waals surface area contributed by atoms with Crippen molar-refractivity contribution in [2.45, 2.75) is 49.0 Å². The predicted octanol–water partition coefficient (Wildman–Crippen LogP) is 3.00. The van der Waals surface area contributed by atoms with Crippen molar-refractivity contribution in [2.24, 2.45) is 5.84 Å². The third kappa shape index (κ3) is 3.91. The highest BCUT2D eigenvalue weighted by atomic mass is 32.2. The smallest absolute Gasteiger partial charge is 0.0377 e. The van der Waals surface area contributed by atoms with Gasteiger partial charge in [-0.2, -0.15) is 23.5 Å². The van der Waals surface area contributed by atoms with Crippen LogP contribution in [0.4, 0.5) is 0 Å². The van der Waals surface area contributed by atoms with Crippen LogP contribution < -0.4 is 11.3 Å². The van der Waals surface area contributed by atoms with Gasteiger partial charge in [-0.15, -0.1) is 0 Å². The summed E-state index contributed by atoms with van der Waals surface area (Å²) in [6, 6.07) is 8.96. The summed E-state index contributed by atoms with van der Waals surface area (Å²) in [5.74, 6) is 7.00. The molecule has 0 aliphatic carbocycles. The Bertz CT molecular complexity index is 411. The maximum atomic E-state index is 5.81. The first-order chi connectivity index (χ1) is 9.11. The van der Waals surface area contributed by atoms with E-state index in [2.05, 4.69) is 74.0 Å². The minimum atomic E-state index is 0.355. The molecule has 1 aromatic carbocycles. The van der Waals surface area contributed by atoms with Crippen LogP contribution in [0.25, 0.3) is 0 Å². The molecule has 1 heterocycles. The highest BCUT2D eigenvalue weighted by Gasteiger charge is 2.30. The Kier molecular flexibility index (Phi) is 5.63. The fourth-order valence-corrected chi connectivity index (χ4v) is 5.50. The van der Waals surface area contributed by atoms with Crippen LogP contribution in [0.5, 0.6) is 0 Å². The molecule has 4 heteroatoms. The summed E-state index contributed by atoms with van der Waals surface area (Å²) in [6.07, 6.45) is 1.02. The van der Waals surface area contributed by atoms with E-state index in [0.717, 1.165) is 11.7 Å². The summed E-state index contributed by atoms with van der Waals surface area (Å²) < 4.78 is 0. The Hall–Kier alpha value is -0.160. The first-order valence-corrected chi connectivity index (χ1v) is 8.88. The van der Waals surface area contributed by atoms with Crippen molar-refractivity contribution in [1.29, 1.82) is 0 Å². The largest absolute Gasteiger partial charge is 0.271 e. The monoisotopic (exact) mass is 296 g/mol. The molecule has 1 saturated heterocycles. The molecule has 3 N–H and O–H groups in total. The summed E-state index contributed by atoms with van der Waals surface area (Å²) in [6.45, 7) is 6.83. The molecule has 0 bridgehead atoms. The molecule has 0 saturated carbocycles. The highest BCUT2D eigenvalue weighted by molar-refractivity contribution is 8.07.